The van der Waals surface area contributed by atoms with Crippen LogP contribution in [0.15, 0.2) is 24.3 Å². The standard InChI is InChI=1S/C11H10F3IO5S/c12-9(11(13,14)21(17,18)19)5-6-20-10(16)7-1-3-8(15)4-2-7/h1-4,9H,5-6H2,(H,17,18,19). The summed E-state index contributed by atoms with van der Waals surface area (Å²) in [5.41, 5.74) is 0.146. The van der Waals surface area contributed by atoms with Crippen molar-refractivity contribution < 1.29 is 35.7 Å². The lowest BCUT2D eigenvalue weighted by Gasteiger charge is -2.17. The van der Waals surface area contributed by atoms with E-state index in [-0.39, 0.29) is 5.56 Å². The number of halogens is 4. The van der Waals surface area contributed by atoms with E-state index in [1.807, 2.05) is 22.6 Å². The van der Waals surface area contributed by atoms with Gasteiger partial charge >= 0.3 is 21.3 Å². The zero-order chi connectivity index (χ0) is 16.3. The highest BCUT2D eigenvalue weighted by Crippen LogP contribution is 2.29. The number of esters is 1. The second-order valence-electron chi connectivity index (χ2n) is 3.94. The summed E-state index contributed by atoms with van der Waals surface area (Å²) in [5, 5.41) is -4.94. The molecule has 0 spiro atoms. The number of carbonyl (C=O) groups excluding carboxylic acids is 1. The molecule has 1 rings (SSSR count). The van der Waals surface area contributed by atoms with Gasteiger partial charge in [0.1, 0.15) is 0 Å². The fourth-order valence-corrected chi connectivity index (χ4v) is 2.05. The van der Waals surface area contributed by atoms with Crippen molar-refractivity contribution in [3.8, 4) is 0 Å². The molecule has 0 fully saturated rings. The predicted molar refractivity (Wildman–Crippen MR) is 75.5 cm³/mol. The highest BCUT2D eigenvalue weighted by molar-refractivity contribution is 14.1. The fraction of sp³-hybridized carbons (Fsp3) is 0.364. The lowest BCUT2D eigenvalue weighted by Crippen LogP contribution is -2.39. The van der Waals surface area contributed by atoms with E-state index < -0.39 is 40.5 Å². The molecular weight excluding hydrogens is 428 g/mol. The van der Waals surface area contributed by atoms with Crippen molar-refractivity contribution in [1.29, 1.82) is 0 Å². The van der Waals surface area contributed by atoms with Gasteiger partial charge in [0, 0.05) is 9.99 Å². The number of rotatable bonds is 6. The van der Waals surface area contributed by atoms with E-state index in [1.165, 1.54) is 12.1 Å². The lowest BCUT2D eigenvalue weighted by atomic mass is 10.2. The van der Waals surface area contributed by atoms with Crippen LogP contribution in [0.5, 0.6) is 0 Å². The van der Waals surface area contributed by atoms with Gasteiger partial charge in [0.15, 0.2) is 6.17 Å². The van der Waals surface area contributed by atoms with Gasteiger partial charge < -0.3 is 4.74 Å². The number of alkyl halides is 3. The van der Waals surface area contributed by atoms with Crippen LogP contribution in [0.4, 0.5) is 13.2 Å². The Labute approximate surface area is 132 Å². The molecule has 10 heteroatoms. The Bertz CT molecular complexity index is 603. The molecule has 0 aromatic heterocycles. The van der Waals surface area contributed by atoms with Gasteiger partial charge in [0.05, 0.1) is 12.2 Å². The van der Waals surface area contributed by atoms with E-state index in [1.54, 1.807) is 12.1 Å². The smallest absolute Gasteiger partial charge is 0.400 e. The maximum absolute atomic E-state index is 13.1. The van der Waals surface area contributed by atoms with E-state index in [2.05, 4.69) is 4.74 Å². The number of benzene rings is 1. The minimum Gasteiger partial charge on any atom is -0.462 e. The van der Waals surface area contributed by atoms with Crippen LogP contribution in [-0.4, -0.2) is 37.0 Å². The van der Waals surface area contributed by atoms with E-state index >= 15 is 0 Å². The molecule has 118 valence electrons. The van der Waals surface area contributed by atoms with Gasteiger partial charge in [-0.3, -0.25) is 4.55 Å². The quantitative estimate of drug-likeness (QED) is 0.420. The summed E-state index contributed by atoms with van der Waals surface area (Å²) in [6, 6.07) is 6.09. The van der Waals surface area contributed by atoms with Crippen LogP contribution in [0.2, 0.25) is 0 Å². The lowest BCUT2D eigenvalue weighted by molar-refractivity contribution is -0.0163. The summed E-state index contributed by atoms with van der Waals surface area (Å²) in [5.74, 6) is -0.853. The molecule has 1 aromatic rings. The average Bonchev–Trinajstić information content (AvgIpc) is 2.37. The molecule has 0 saturated carbocycles. The Hall–Kier alpha value is -0.880. The molecule has 1 atom stereocenters. The molecule has 0 aliphatic carbocycles. The molecular formula is C11H10F3IO5S. The van der Waals surface area contributed by atoms with Gasteiger partial charge in [-0.25, -0.2) is 9.18 Å². The minimum atomic E-state index is -5.86. The van der Waals surface area contributed by atoms with Crippen molar-refractivity contribution in [2.45, 2.75) is 17.8 Å². The summed E-state index contributed by atoms with van der Waals surface area (Å²) in [7, 11) is -5.86. The fourth-order valence-electron chi connectivity index (χ4n) is 1.25. The Morgan fingerprint density at radius 3 is 2.33 bits per heavy atom. The van der Waals surface area contributed by atoms with Crippen LogP contribution in [-0.2, 0) is 14.9 Å². The Morgan fingerprint density at radius 1 is 1.33 bits per heavy atom. The van der Waals surface area contributed by atoms with Crippen LogP contribution in [0, 0.1) is 3.57 Å². The third-order valence-electron chi connectivity index (χ3n) is 2.39. The molecule has 0 radical (unpaired) electrons. The minimum absolute atomic E-state index is 0.146. The van der Waals surface area contributed by atoms with Crippen molar-refractivity contribution >= 4 is 38.7 Å². The molecule has 1 aromatic carbocycles. The van der Waals surface area contributed by atoms with Gasteiger partial charge in [-0.1, -0.05) is 0 Å². The van der Waals surface area contributed by atoms with Crippen LogP contribution in [0.1, 0.15) is 16.8 Å². The summed E-state index contributed by atoms with van der Waals surface area (Å²) >= 11 is 2.01. The monoisotopic (exact) mass is 438 g/mol. The van der Waals surface area contributed by atoms with Crippen molar-refractivity contribution in [2.24, 2.45) is 0 Å². The first-order chi connectivity index (χ1) is 9.55. The highest BCUT2D eigenvalue weighted by Gasteiger charge is 2.52. The molecule has 21 heavy (non-hydrogen) atoms. The summed E-state index contributed by atoms with van der Waals surface area (Å²) < 4.78 is 73.0. The second kappa shape index (κ2) is 6.92. The topological polar surface area (TPSA) is 80.7 Å². The van der Waals surface area contributed by atoms with Crippen LogP contribution < -0.4 is 0 Å². The largest absolute Gasteiger partial charge is 0.462 e. The van der Waals surface area contributed by atoms with Crippen molar-refractivity contribution in [1.82, 2.24) is 0 Å². The second-order valence-corrected chi connectivity index (χ2v) is 6.68. The number of hydrogen-bond acceptors (Lipinski definition) is 4. The molecule has 0 aliphatic heterocycles. The van der Waals surface area contributed by atoms with Gasteiger partial charge in [0.25, 0.3) is 0 Å². The molecule has 0 saturated heterocycles. The molecule has 0 aliphatic rings. The molecule has 0 bridgehead atoms. The summed E-state index contributed by atoms with van der Waals surface area (Å²) in [6.07, 6.45) is -4.25. The van der Waals surface area contributed by atoms with Crippen LogP contribution in [0.25, 0.3) is 0 Å². The van der Waals surface area contributed by atoms with Crippen molar-refractivity contribution in [3.05, 3.63) is 33.4 Å². The Morgan fingerprint density at radius 2 is 1.86 bits per heavy atom. The molecule has 1 unspecified atom stereocenters. The van der Waals surface area contributed by atoms with E-state index in [0.29, 0.717) is 0 Å². The van der Waals surface area contributed by atoms with Gasteiger partial charge in [0.2, 0.25) is 0 Å². The van der Waals surface area contributed by atoms with Crippen LogP contribution >= 0.6 is 22.6 Å². The Balaban J connectivity index is 2.54. The maximum atomic E-state index is 13.1. The van der Waals surface area contributed by atoms with Crippen LogP contribution in [0.3, 0.4) is 0 Å². The number of ether oxygens (including phenoxy) is 1. The average molecular weight is 438 g/mol. The molecule has 0 amide bonds. The molecule has 0 heterocycles. The first kappa shape index (κ1) is 18.2. The highest BCUT2D eigenvalue weighted by atomic mass is 127. The van der Waals surface area contributed by atoms with Gasteiger partial charge in [-0.05, 0) is 46.9 Å². The normalized spacial score (nSPS) is 13.8. The van der Waals surface area contributed by atoms with Crippen molar-refractivity contribution in [3.63, 3.8) is 0 Å². The first-order valence-corrected chi connectivity index (χ1v) is 7.99. The van der Waals surface area contributed by atoms with E-state index in [4.69, 9.17) is 4.55 Å². The third kappa shape index (κ3) is 4.81. The first-order valence-electron chi connectivity index (χ1n) is 5.47. The predicted octanol–water partition coefficient (Wildman–Crippen LogP) is 2.66. The zero-order valence-corrected chi connectivity index (χ0v) is 13.3. The number of hydrogen-bond donors (Lipinski definition) is 1. The van der Waals surface area contributed by atoms with Crippen molar-refractivity contribution in [2.75, 3.05) is 6.61 Å². The summed E-state index contributed by atoms with van der Waals surface area (Å²) in [4.78, 5) is 11.5. The van der Waals surface area contributed by atoms with Gasteiger partial charge in [-0.15, -0.1) is 0 Å². The summed E-state index contributed by atoms with van der Waals surface area (Å²) in [6.45, 7) is -0.753. The zero-order valence-electron chi connectivity index (χ0n) is 10.3. The van der Waals surface area contributed by atoms with Gasteiger partial charge in [-0.2, -0.15) is 17.2 Å². The third-order valence-corrected chi connectivity index (χ3v) is 4.06. The molecule has 1 N–H and O–H groups in total. The van der Waals surface area contributed by atoms with E-state index in [9.17, 15) is 26.4 Å². The Kier molecular flexibility index (Phi) is 5.99. The number of carbonyl (C=O) groups is 1. The molecule has 5 nitrogen and oxygen atoms in total. The SMILES string of the molecule is O=C(OCCC(F)C(F)(F)S(=O)(=O)O)c1ccc(I)cc1. The van der Waals surface area contributed by atoms with E-state index in [0.717, 1.165) is 3.57 Å². The maximum Gasteiger partial charge on any atom is 0.400 e.